The second kappa shape index (κ2) is 11.7. The van der Waals surface area contributed by atoms with Crippen LogP contribution in [0.15, 0.2) is 29.3 Å². The van der Waals surface area contributed by atoms with Gasteiger partial charge in [0, 0.05) is 31.7 Å². The van der Waals surface area contributed by atoms with Crippen molar-refractivity contribution in [3.63, 3.8) is 0 Å². The van der Waals surface area contributed by atoms with Crippen LogP contribution in [0.5, 0.6) is 11.5 Å². The molecule has 6 nitrogen and oxygen atoms in total. The molecule has 2 aliphatic rings. The lowest BCUT2D eigenvalue weighted by molar-refractivity contribution is 0.197. The van der Waals surface area contributed by atoms with Crippen LogP contribution in [0, 0.1) is 0 Å². The van der Waals surface area contributed by atoms with Gasteiger partial charge in [-0.1, -0.05) is 12.1 Å². The molecule has 0 amide bonds. The van der Waals surface area contributed by atoms with E-state index in [-0.39, 0.29) is 30.1 Å². The Kier molecular flexibility index (Phi) is 9.64. The van der Waals surface area contributed by atoms with Gasteiger partial charge in [0.05, 0.1) is 13.7 Å². The molecule has 2 fully saturated rings. The van der Waals surface area contributed by atoms with Crippen molar-refractivity contribution in [2.75, 3.05) is 33.3 Å². The standard InChI is InChI=1S/C21H34N4O2.HI/c1-4-22-21(24-17-11-13-25(14-12-17)18-9-10-18)23-15-16(2)27-20-8-6-5-7-19(20)26-3;/h5-8,16-18H,4,9-15H2,1-3H3,(H2,22,23,24);1H. The quantitative estimate of drug-likeness (QED) is 0.325. The Morgan fingerprint density at radius 3 is 2.46 bits per heavy atom. The normalized spacial score (nSPS) is 19.5. The van der Waals surface area contributed by atoms with Crippen molar-refractivity contribution in [2.45, 2.75) is 57.7 Å². The second-order valence-electron chi connectivity index (χ2n) is 7.48. The molecule has 0 spiro atoms. The largest absolute Gasteiger partial charge is 0.493 e. The number of halogens is 1. The number of ether oxygens (including phenoxy) is 2. The lowest BCUT2D eigenvalue weighted by Crippen LogP contribution is -2.49. The number of likely N-dealkylation sites (tertiary alicyclic amines) is 1. The number of nitrogens with one attached hydrogen (secondary N) is 2. The minimum atomic E-state index is -0.0338. The predicted molar refractivity (Wildman–Crippen MR) is 125 cm³/mol. The van der Waals surface area contributed by atoms with E-state index < -0.39 is 0 Å². The van der Waals surface area contributed by atoms with Gasteiger partial charge in [-0.2, -0.15) is 0 Å². The first-order chi connectivity index (χ1) is 13.2. The molecule has 28 heavy (non-hydrogen) atoms. The summed E-state index contributed by atoms with van der Waals surface area (Å²) in [6.45, 7) is 7.99. The number of methoxy groups -OCH3 is 1. The molecule has 1 aliphatic carbocycles. The van der Waals surface area contributed by atoms with E-state index in [9.17, 15) is 0 Å². The number of nitrogens with zero attached hydrogens (tertiary/aromatic N) is 2. The van der Waals surface area contributed by atoms with Gasteiger partial charge < -0.3 is 25.0 Å². The molecular weight excluding hydrogens is 467 g/mol. The van der Waals surface area contributed by atoms with Gasteiger partial charge in [-0.05, 0) is 51.7 Å². The maximum absolute atomic E-state index is 6.01. The summed E-state index contributed by atoms with van der Waals surface area (Å²) >= 11 is 0. The molecule has 0 bridgehead atoms. The van der Waals surface area contributed by atoms with Crippen LogP contribution in [0.3, 0.4) is 0 Å². The van der Waals surface area contributed by atoms with Crippen LogP contribution in [-0.4, -0.2) is 62.3 Å². The first-order valence-electron chi connectivity index (χ1n) is 10.3. The number of benzene rings is 1. The van der Waals surface area contributed by atoms with Gasteiger partial charge in [0.1, 0.15) is 6.10 Å². The van der Waals surface area contributed by atoms with Gasteiger partial charge in [0.25, 0.3) is 0 Å². The van der Waals surface area contributed by atoms with Gasteiger partial charge in [-0.15, -0.1) is 24.0 Å². The number of guanidine groups is 1. The summed E-state index contributed by atoms with van der Waals surface area (Å²) in [5.41, 5.74) is 0. The highest BCUT2D eigenvalue weighted by Gasteiger charge is 2.31. The van der Waals surface area contributed by atoms with Crippen molar-refractivity contribution in [1.82, 2.24) is 15.5 Å². The van der Waals surface area contributed by atoms with Gasteiger partial charge in [-0.3, -0.25) is 0 Å². The van der Waals surface area contributed by atoms with Crippen LogP contribution < -0.4 is 20.1 Å². The fraction of sp³-hybridized carbons (Fsp3) is 0.667. The zero-order chi connectivity index (χ0) is 19.1. The molecule has 1 aliphatic heterocycles. The van der Waals surface area contributed by atoms with Gasteiger partial charge in [-0.25, -0.2) is 4.99 Å². The van der Waals surface area contributed by atoms with Crippen molar-refractivity contribution < 1.29 is 9.47 Å². The molecule has 3 rings (SSSR count). The number of hydrogen-bond donors (Lipinski definition) is 2. The summed E-state index contributed by atoms with van der Waals surface area (Å²) in [7, 11) is 1.66. The first-order valence-corrected chi connectivity index (χ1v) is 10.3. The van der Waals surface area contributed by atoms with Crippen LogP contribution in [0.4, 0.5) is 0 Å². The lowest BCUT2D eigenvalue weighted by atomic mass is 10.1. The molecule has 1 aromatic carbocycles. The number of hydrogen-bond acceptors (Lipinski definition) is 4. The van der Waals surface area contributed by atoms with Crippen LogP contribution in [0.25, 0.3) is 0 Å². The van der Waals surface area contributed by atoms with E-state index in [1.165, 1.54) is 38.8 Å². The zero-order valence-corrected chi connectivity index (χ0v) is 19.6. The second-order valence-corrected chi connectivity index (χ2v) is 7.48. The number of rotatable bonds is 8. The van der Waals surface area contributed by atoms with Crippen molar-refractivity contribution in [1.29, 1.82) is 0 Å². The number of piperidine rings is 1. The monoisotopic (exact) mass is 502 g/mol. The Morgan fingerprint density at radius 1 is 1.18 bits per heavy atom. The molecule has 2 N–H and O–H groups in total. The summed E-state index contributed by atoms with van der Waals surface area (Å²) in [5, 5.41) is 6.97. The Hall–Kier alpha value is -1.22. The van der Waals surface area contributed by atoms with Crippen LogP contribution in [0.1, 0.15) is 39.5 Å². The predicted octanol–water partition coefficient (Wildman–Crippen LogP) is 3.26. The zero-order valence-electron chi connectivity index (χ0n) is 17.3. The summed E-state index contributed by atoms with van der Waals surface area (Å²) in [6, 6.07) is 9.11. The van der Waals surface area contributed by atoms with E-state index in [2.05, 4.69) is 22.5 Å². The molecule has 0 aromatic heterocycles. The van der Waals surface area contributed by atoms with E-state index in [1.54, 1.807) is 7.11 Å². The highest BCUT2D eigenvalue weighted by Crippen LogP contribution is 2.29. The van der Waals surface area contributed by atoms with Crippen molar-refractivity contribution in [3.05, 3.63) is 24.3 Å². The molecule has 1 unspecified atom stereocenters. The summed E-state index contributed by atoms with van der Waals surface area (Å²) in [4.78, 5) is 7.38. The summed E-state index contributed by atoms with van der Waals surface area (Å²) < 4.78 is 11.4. The van der Waals surface area contributed by atoms with Crippen LogP contribution >= 0.6 is 24.0 Å². The van der Waals surface area contributed by atoms with E-state index in [1.807, 2.05) is 31.2 Å². The SMILES string of the molecule is CCNC(=NCC(C)Oc1ccccc1OC)NC1CCN(C2CC2)CC1.I. The number of para-hydroxylation sites is 2. The fourth-order valence-corrected chi connectivity index (χ4v) is 3.55. The average molecular weight is 502 g/mol. The minimum absolute atomic E-state index is 0. The molecule has 1 saturated carbocycles. The molecule has 0 radical (unpaired) electrons. The topological polar surface area (TPSA) is 58.1 Å². The Labute approximate surface area is 186 Å². The van der Waals surface area contributed by atoms with Crippen molar-refractivity contribution in [3.8, 4) is 11.5 Å². The molecule has 1 aromatic rings. The molecule has 7 heteroatoms. The first kappa shape index (κ1) is 23.1. The van der Waals surface area contributed by atoms with E-state index in [0.717, 1.165) is 30.0 Å². The third-order valence-corrected chi connectivity index (χ3v) is 5.18. The maximum atomic E-state index is 6.01. The molecule has 158 valence electrons. The lowest BCUT2D eigenvalue weighted by Gasteiger charge is -2.33. The average Bonchev–Trinajstić information content (AvgIpc) is 3.53. The van der Waals surface area contributed by atoms with Gasteiger partial charge in [0.15, 0.2) is 17.5 Å². The maximum Gasteiger partial charge on any atom is 0.191 e. The smallest absolute Gasteiger partial charge is 0.191 e. The third-order valence-electron chi connectivity index (χ3n) is 5.18. The van der Waals surface area contributed by atoms with Gasteiger partial charge in [0.2, 0.25) is 0 Å². The minimum Gasteiger partial charge on any atom is -0.493 e. The molecule has 1 saturated heterocycles. The highest BCUT2D eigenvalue weighted by molar-refractivity contribution is 14.0. The Balaban J connectivity index is 0.00000280. The summed E-state index contributed by atoms with van der Waals surface area (Å²) in [6.07, 6.45) is 5.13. The Morgan fingerprint density at radius 2 is 1.86 bits per heavy atom. The third kappa shape index (κ3) is 6.99. The van der Waals surface area contributed by atoms with Crippen molar-refractivity contribution in [2.24, 2.45) is 4.99 Å². The molecule has 1 atom stereocenters. The summed E-state index contributed by atoms with van der Waals surface area (Å²) in [5.74, 6) is 2.40. The van der Waals surface area contributed by atoms with Crippen molar-refractivity contribution >= 4 is 29.9 Å². The van der Waals surface area contributed by atoms with Crippen LogP contribution in [0.2, 0.25) is 0 Å². The molecule has 1 heterocycles. The fourth-order valence-electron chi connectivity index (χ4n) is 3.55. The highest BCUT2D eigenvalue weighted by atomic mass is 127. The molecular formula is C21H35IN4O2. The van der Waals surface area contributed by atoms with Gasteiger partial charge >= 0.3 is 0 Å². The van der Waals surface area contributed by atoms with E-state index >= 15 is 0 Å². The van der Waals surface area contributed by atoms with E-state index in [0.29, 0.717) is 12.6 Å². The van der Waals surface area contributed by atoms with Crippen LogP contribution in [-0.2, 0) is 0 Å². The number of aliphatic imine (C=N–C) groups is 1. The Bertz CT molecular complexity index is 616. The van der Waals surface area contributed by atoms with E-state index in [4.69, 9.17) is 14.5 Å².